The summed E-state index contributed by atoms with van der Waals surface area (Å²) >= 11 is 1.60. The standard InChI is InChI=1S/C26H21FN2O2S/c27-19-12-10-18(11-13-19)16-31-23-9-5-4-8-21(23)24-28-25(30)22-15-20(32-26(22)29-24)14-17-6-2-1-3-7-17/h1-13,15,24,29H,14,16H2,(H,28,30)/t24-/m0/s1. The molecule has 0 aliphatic carbocycles. The lowest BCUT2D eigenvalue weighted by Crippen LogP contribution is -2.37. The fourth-order valence-electron chi connectivity index (χ4n) is 3.73. The first-order chi connectivity index (χ1) is 15.7. The van der Waals surface area contributed by atoms with Crippen molar-refractivity contribution in [2.75, 3.05) is 5.32 Å². The molecule has 160 valence electrons. The number of nitrogens with one attached hydrogen (secondary N) is 2. The fraction of sp³-hybridized carbons (Fsp3) is 0.115. The quantitative estimate of drug-likeness (QED) is 0.389. The van der Waals surface area contributed by atoms with Crippen molar-refractivity contribution >= 4 is 22.2 Å². The Hall–Kier alpha value is -3.64. The second-order valence-electron chi connectivity index (χ2n) is 7.62. The number of carbonyl (C=O) groups excluding carboxylic acids is 1. The maximum atomic E-state index is 13.2. The molecule has 2 heterocycles. The number of carbonyl (C=O) groups is 1. The number of thiophene rings is 1. The van der Waals surface area contributed by atoms with Gasteiger partial charge >= 0.3 is 0 Å². The van der Waals surface area contributed by atoms with E-state index in [1.165, 1.54) is 17.7 Å². The largest absolute Gasteiger partial charge is 0.488 e. The van der Waals surface area contributed by atoms with Crippen LogP contribution < -0.4 is 15.4 Å². The molecule has 2 N–H and O–H groups in total. The number of benzene rings is 3. The summed E-state index contributed by atoms with van der Waals surface area (Å²) in [6.45, 7) is 0.309. The van der Waals surface area contributed by atoms with Crippen LogP contribution in [0.5, 0.6) is 5.75 Å². The zero-order chi connectivity index (χ0) is 21.9. The Bertz CT molecular complexity index is 1240. The molecule has 0 saturated carbocycles. The average Bonchev–Trinajstić information content (AvgIpc) is 3.22. The molecular formula is C26H21FN2O2S. The number of ether oxygens (including phenoxy) is 1. The molecular weight excluding hydrogens is 423 g/mol. The normalized spacial score (nSPS) is 14.9. The van der Waals surface area contributed by atoms with Gasteiger partial charge in [0.05, 0.1) is 5.56 Å². The Morgan fingerprint density at radius 3 is 2.44 bits per heavy atom. The number of halogens is 1. The molecule has 0 unspecified atom stereocenters. The van der Waals surface area contributed by atoms with Gasteiger partial charge < -0.3 is 15.4 Å². The van der Waals surface area contributed by atoms with Crippen molar-refractivity contribution in [2.24, 2.45) is 0 Å². The van der Waals surface area contributed by atoms with Crippen LogP contribution >= 0.6 is 11.3 Å². The van der Waals surface area contributed by atoms with Gasteiger partial charge in [-0.25, -0.2) is 4.39 Å². The van der Waals surface area contributed by atoms with E-state index in [0.717, 1.165) is 27.4 Å². The van der Waals surface area contributed by atoms with Crippen molar-refractivity contribution in [2.45, 2.75) is 19.2 Å². The van der Waals surface area contributed by atoms with Crippen molar-refractivity contribution in [3.05, 3.63) is 118 Å². The maximum Gasteiger partial charge on any atom is 0.256 e. The van der Waals surface area contributed by atoms with E-state index in [-0.39, 0.29) is 11.7 Å². The third kappa shape index (κ3) is 4.36. The minimum atomic E-state index is -0.400. The molecule has 3 aromatic carbocycles. The summed E-state index contributed by atoms with van der Waals surface area (Å²) in [5.41, 5.74) is 3.59. The van der Waals surface area contributed by atoms with Crippen molar-refractivity contribution in [1.82, 2.24) is 5.32 Å². The van der Waals surface area contributed by atoms with E-state index in [1.807, 2.05) is 48.5 Å². The highest BCUT2D eigenvalue weighted by Crippen LogP contribution is 2.37. The van der Waals surface area contributed by atoms with Crippen LogP contribution in [0, 0.1) is 5.82 Å². The smallest absolute Gasteiger partial charge is 0.256 e. The van der Waals surface area contributed by atoms with Crippen LogP contribution in [0.1, 0.15) is 38.1 Å². The summed E-state index contributed by atoms with van der Waals surface area (Å²) < 4.78 is 19.2. The lowest BCUT2D eigenvalue weighted by atomic mass is 10.1. The van der Waals surface area contributed by atoms with Gasteiger partial charge in [-0.3, -0.25) is 4.79 Å². The van der Waals surface area contributed by atoms with Crippen LogP contribution in [-0.4, -0.2) is 5.91 Å². The average molecular weight is 445 g/mol. The molecule has 6 heteroatoms. The van der Waals surface area contributed by atoms with Crippen molar-refractivity contribution in [3.63, 3.8) is 0 Å². The summed E-state index contributed by atoms with van der Waals surface area (Å²) in [4.78, 5) is 14.0. The minimum Gasteiger partial charge on any atom is -0.488 e. The molecule has 32 heavy (non-hydrogen) atoms. The number of hydrogen-bond donors (Lipinski definition) is 2. The Labute approximate surface area is 189 Å². The lowest BCUT2D eigenvalue weighted by molar-refractivity contribution is 0.0936. The van der Waals surface area contributed by atoms with Crippen LogP contribution in [0.25, 0.3) is 0 Å². The number of amides is 1. The summed E-state index contributed by atoms with van der Waals surface area (Å²) in [6, 6.07) is 26.0. The number of hydrogen-bond acceptors (Lipinski definition) is 4. The third-order valence-electron chi connectivity index (χ3n) is 5.34. The van der Waals surface area contributed by atoms with E-state index in [1.54, 1.807) is 23.5 Å². The molecule has 1 aliphatic rings. The van der Waals surface area contributed by atoms with Gasteiger partial charge in [-0.1, -0.05) is 60.7 Å². The number of fused-ring (bicyclic) bond motifs is 1. The highest BCUT2D eigenvalue weighted by Gasteiger charge is 2.28. The minimum absolute atomic E-state index is 0.104. The predicted molar refractivity (Wildman–Crippen MR) is 125 cm³/mol. The van der Waals surface area contributed by atoms with E-state index in [4.69, 9.17) is 4.74 Å². The number of rotatable bonds is 6. The fourth-order valence-corrected chi connectivity index (χ4v) is 4.84. The van der Waals surface area contributed by atoms with Gasteiger partial charge in [0.1, 0.15) is 29.3 Å². The predicted octanol–water partition coefficient (Wildman–Crippen LogP) is 5.91. The first-order valence-corrected chi connectivity index (χ1v) is 11.2. The van der Waals surface area contributed by atoms with Crippen molar-refractivity contribution < 1.29 is 13.9 Å². The summed E-state index contributed by atoms with van der Waals surface area (Å²) in [5, 5.41) is 7.35. The van der Waals surface area contributed by atoms with E-state index in [0.29, 0.717) is 17.9 Å². The van der Waals surface area contributed by atoms with Crippen LogP contribution in [0.15, 0.2) is 84.9 Å². The topological polar surface area (TPSA) is 50.4 Å². The molecule has 0 saturated heterocycles. The molecule has 0 fully saturated rings. The monoisotopic (exact) mass is 444 g/mol. The van der Waals surface area contributed by atoms with E-state index >= 15 is 0 Å². The van der Waals surface area contributed by atoms with Gasteiger partial charge in [-0.2, -0.15) is 0 Å². The first kappa shape index (κ1) is 20.3. The van der Waals surface area contributed by atoms with E-state index in [9.17, 15) is 9.18 Å². The third-order valence-corrected chi connectivity index (χ3v) is 6.40. The van der Waals surface area contributed by atoms with E-state index in [2.05, 4.69) is 22.8 Å². The molecule has 0 bridgehead atoms. The molecule has 4 aromatic rings. The Kier molecular flexibility index (Phi) is 5.60. The van der Waals surface area contributed by atoms with Gasteiger partial charge in [0.2, 0.25) is 0 Å². The molecule has 0 spiro atoms. The van der Waals surface area contributed by atoms with Crippen LogP contribution in [0.2, 0.25) is 0 Å². The summed E-state index contributed by atoms with van der Waals surface area (Å²) in [6.07, 6.45) is 0.387. The lowest BCUT2D eigenvalue weighted by Gasteiger charge is -2.27. The SMILES string of the molecule is O=C1N[C@H](c2ccccc2OCc2ccc(F)cc2)Nc2sc(Cc3ccccc3)cc21. The molecule has 1 aromatic heterocycles. The van der Waals surface area contributed by atoms with Gasteiger partial charge in [0, 0.05) is 16.9 Å². The zero-order valence-corrected chi connectivity index (χ0v) is 18.0. The highest BCUT2D eigenvalue weighted by atomic mass is 32.1. The first-order valence-electron chi connectivity index (χ1n) is 10.4. The molecule has 1 atom stereocenters. The second kappa shape index (κ2) is 8.85. The van der Waals surface area contributed by atoms with Crippen molar-refractivity contribution in [3.8, 4) is 5.75 Å². The van der Waals surface area contributed by atoms with Gasteiger partial charge in [-0.15, -0.1) is 11.3 Å². The molecule has 1 amide bonds. The Morgan fingerprint density at radius 2 is 1.62 bits per heavy atom. The highest BCUT2D eigenvalue weighted by molar-refractivity contribution is 7.16. The molecule has 0 radical (unpaired) electrons. The Morgan fingerprint density at radius 1 is 0.875 bits per heavy atom. The van der Waals surface area contributed by atoms with E-state index < -0.39 is 6.17 Å². The number of para-hydroxylation sites is 1. The van der Waals surface area contributed by atoms with Crippen molar-refractivity contribution in [1.29, 1.82) is 0 Å². The van der Waals surface area contributed by atoms with Crippen LogP contribution in [0.3, 0.4) is 0 Å². The zero-order valence-electron chi connectivity index (χ0n) is 17.2. The molecule has 4 nitrogen and oxygen atoms in total. The summed E-state index contributed by atoms with van der Waals surface area (Å²) in [7, 11) is 0. The molecule has 1 aliphatic heterocycles. The number of anilines is 1. The summed E-state index contributed by atoms with van der Waals surface area (Å²) in [5.74, 6) is 0.286. The maximum absolute atomic E-state index is 13.2. The Balaban J connectivity index is 1.34. The molecule has 5 rings (SSSR count). The van der Waals surface area contributed by atoms with Gasteiger partial charge in [0.15, 0.2) is 0 Å². The van der Waals surface area contributed by atoms with Crippen LogP contribution in [-0.2, 0) is 13.0 Å². The van der Waals surface area contributed by atoms with Gasteiger partial charge in [0.25, 0.3) is 5.91 Å². The van der Waals surface area contributed by atoms with Crippen LogP contribution in [0.4, 0.5) is 9.39 Å². The second-order valence-corrected chi connectivity index (χ2v) is 8.76. The van der Waals surface area contributed by atoms with Gasteiger partial charge in [-0.05, 0) is 35.4 Å².